The zero-order valence-electron chi connectivity index (χ0n) is 10.9. The average Bonchev–Trinajstić information content (AvgIpc) is 2.35. The molecule has 0 fully saturated rings. The van der Waals surface area contributed by atoms with Crippen molar-refractivity contribution < 1.29 is 22.0 Å². The smallest absolute Gasteiger partial charge is 0.237 e. The van der Waals surface area contributed by atoms with Crippen molar-refractivity contribution in [2.75, 3.05) is 12.0 Å². The quantitative estimate of drug-likeness (QED) is 0.793. The first kappa shape index (κ1) is 16.5. The largest absolute Gasteiger partial charge is 0.351 e. The number of benzene rings is 1. The molecule has 0 saturated heterocycles. The van der Waals surface area contributed by atoms with E-state index in [1.807, 2.05) is 0 Å². The number of amides is 1. The lowest BCUT2D eigenvalue weighted by molar-refractivity contribution is -0.122. The highest BCUT2D eigenvalue weighted by atomic mass is 32.2. The second-order valence-corrected chi connectivity index (χ2v) is 6.74. The topological polar surface area (TPSA) is 89.3 Å². The van der Waals surface area contributed by atoms with Crippen LogP contribution in [0.5, 0.6) is 0 Å². The maximum atomic E-state index is 13.3. The van der Waals surface area contributed by atoms with Gasteiger partial charge in [-0.3, -0.25) is 4.79 Å². The van der Waals surface area contributed by atoms with Gasteiger partial charge in [0.1, 0.15) is 21.5 Å². The highest BCUT2D eigenvalue weighted by molar-refractivity contribution is 7.90. The molecule has 0 heterocycles. The Balaban J connectivity index is 2.52. The van der Waals surface area contributed by atoms with Crippen molar-refractivity contribution in [2.45, 2.75) is 19.0 Å². The summed E-state index contributed by atoms with van der Waals surface area (Å²) in [4.78, 5) is 11.6. The third-order valence-corrected chi connectivity index (χ3v) is 3.57. The van der Waals surface area contributed by atoms with Gasteiger partial charge >= 0.3 is 0 Å². The first-order chi connectivity index (χ1) is 9.19. The highest BCUT2D eigenvalue weighted by Gasteiger charge is 2.16. The molecule has 1 atom stereocenters. The monoisotopic (exact) mass is 306 g/mol. The Hall–Kier alpha value is -1.54. The summed E-state index contributed by atoms with van der Waals surface area (Å²) in [5.41, 5.74) is 5.51. The first-order valence-corrected chi connectivity index (χ1v) is 7.90. The minimum atomic E-state index is -3.20. The van der Waals surface area contributed by atoms with E-state index < -0.39 is 33.4 Å². The number of nitrogens with one attached hydrogen (secondary N) is 1. The van der Waals surface area contributed by atoms with Gasteiger partial charge in [-0.25, -0.2) is 17.2 Å². The summed E-state index contributed by atoms with van der Waals surface area (Å²) in [5.74, 6) is -2.08. The van der Waals surface area contributed by atoms with Gasteiger partial charge in [0, 0.05) is 18.4 Å². The van der Waals surface area contributed by atoms with Crippen LogP contribution in [-0.2, 0) is 21.2 Å². The van der Waals surface area contributed by atoms with Gasteiger partial charge in [-0.15, -0.1) is 0 Å². The number of carbonyl (C=O) groups is 1. The summed E-state index contributed by atoms with van der Waals surface area (Å²) in [6.07, 6.45) is 1.01. The first-order valence-electron chi connectivity index (χ1n) is 5.84. The van der Waals surface area contributed by atoms with Crippen LogP contribution >= 0.6 is 0 Å². The van der Waals surface area contributed by atoms with Crippen LogP contribution in [0.2, 0.25) is 0 Å². The number of rotatable bonds is 6. The Morgan fingerprint density at radius 3 is 2.65 bits per heavy atom. The summed E-state index contributed by atoms with van der Waals surface area (Å²) in [6.45, 7) is -0.213. The minimum absolute atomic E-state index is 0.00587. The fourth-order valence-electron chi connectivity index (χ4n) is 1.46. The van der Waals surface area contributed by atoms with Crippen LogP contribution in [0, 0.1) is 11.6 Å². The Morgan fingerprint density at radius 1 is 1.40 bits per heavy atom. The van der Waals surface area contributed by atoms with Gasteiger partial charge in [0.05, 0.1) is 11.8 Å². The number of hydrogen-bond acceptors (Lipinski definition) is 4. The van der Waals surface area contributed by atoms with Gasteiger partial charge < -0.3 is 11.1 Å². The van der Waals surface area contributed by atoms with Gasteiger partial charge in [0.15, 0.2) is 0 Å². The summed E-state index contributed by atoms with van der Waals surface area (Å²) in [7, 11) is -3.20. The molecule has 0 spiro atoms. The fraction of sp³-hybridized carbons (Fsp3) is 0.417. The van der Waals surface area contributed by atoms with Gasteiger partial charge in [-0.1, -0.05) is 0 Å². The van der Waals surface area contributed by atoms with E-state index in [1.54, 1.807) is 0 Å². The maximum Gasteiger partial charge on any atom is 0.237 e. The molecule has 5 nitrogen and oxygen atoms in total. The second kappa shape index (κ2) is 6.76. The standard InChI is InChI=1S/C12H16F2N2O3S/c1-20(18,19)5-4-11(15)12(17)16-7-8-6-9(13)2-3-10(8)14/h2-3,6,11H,4-5,7,15H2,1H3,(H,16,17). The van der Waals surface area contributed by atoms with Crippen molar-refractivity contribution in [3.63, 3.8) is 0 Å². The molecule has 20 heavy (non-hydrogen) atoms. The molecule has 8 heteroatoms. The molecule has 0 radical (unpaired) electrons. The molecule has 1 aromatic carbocycles. The van der Waals surface area contributed by atoms with Gasteiger partial charge in [-0.05, 0) is 24.6 Å². The number of hydrogen-bond donors (Lipinski definition) is 2. The lowest BCUT2D eigenvalue weighted by Crippen LogP contribution is -2.41. The zero-order valence-corrected chi connectivity index (χ0v) is 11.7. The normalized spacial score (nSPS) is 13.0. The van der Waals surface area contributed by atoms with Crippen LogP contribution in [0.15, 0.2) is 18.2 Å². The number of halogens is 2. The van der Waals surface area contributed by atoms with Gasteiger partial charge in [0.2, 0.25) is 5.91 Å². The van der Waals surface area contributed by atoms with Crippen molar-refractivity contribution in [3.05, 3.63) is 35.4 Å². The Bertz CT molecular complexity index is 590. The number of sulfone groups is 1. The predicted molar refractivity (Wildman–Crippen MR) is 70.5 cm³/mol. The van der Waals surface area contributed by atoms with Crippen LogP contribution in [0.3, 0.4) is 0 Å². The Labute approximate surface area is 116 Å². The molecule has 0 bridgehead atoms. The third kappa shape index (κ3) is 5.62. The molecule has 1 aromatic rings. The molecular formula is C12H16F2N2O3S. The molecule has 0 aliphatic heterocycles. The molecule has 3 N–H and O–H groups in total. The molecular weight excluding hydrogens is 290 g/mol. The van der Waals surface area contributed by atoms with Gasteiger partial charge in [0.25, 0.3) is 0 Å². The highest BCUT2D eigenvalue weighted by Crippen LogP contribution is 2.09. The summed E-state index contributed by atoms with van der Waals surface area (Å²) < 4.78 is 48.1. The van der Waals surface area contributed by atoms with E-state index in [2.05, 4.69) is 5.32 Å². The molecule has 112 valence electrons. The Kier molecular flexibility index (Phi) is 5.58. The van der Waals surface area contributed by atoms with Crippen LogP contribution in [-0.4, -0.2) is 32.4 Å². The maximum absolute atomic E-state index is 13.3. The van der Waals surface area contributed by atoms with E-state index in [-0.39, 0.29) is 24.3 Å². The third-order valence-electron chi connectivity index (χ3n) is 2.60. The predicted octanol–water partition coefficient (Wildman–Crippen LogP) is 0.343. The van der Waals surface area contributed by atoms with Crippen LogP contribution in [0.4, 0.5) is 8.78 Å². The summed E-state index contributed by atoms with van der Waals surface area (Å²) in [5, 5.41) is 2.34. The Morgan fingerprint density at radius 2 is 2.05 bits per heavy atom. The van der Waals surface area contributed by atoms with E-state index in [1.165, 1.54) is 0 Å². The molecule has 1 amide bonds. The molecule has 1 unspecified atom stereocenters. The van der Waals surface area contributed by atoms with Crippen LogP contribution in [0.1, 0.15) is 12.0 Å². The zero-order chi connectivity index (χ0) is 15.3. The SMILES string of the molecule is CS(=O)(=O)CCC(N)C(=O)NCc1cc(F)ccc1F. The van der Waals surface area contributed by atoms with E-state index in [0.717, 1.165) is 24.5 Å². The van der Waals surface area contributed by atoms with Crippen molar-refractivity contribution in [1.82, 2.24) is 5.32 Å². The number of carbonyl (C=O) groups excluding carboxylic acids is 1. The lowest BCUT2D eigenvalue weighted by Gasteiger charge is -2.12. The van der Waals surface area contributed by atoms with E-state index in [4.69, 9.17) is 5.73 Å². The van der Waals surface area contributed by atoms with Crippen LogP contribution < -0.4 is 11.1 Å². The lowest BCUT2D eigenvalue weighted by atomic mass is 10.2. The van der Waals surface area contributed by atoms with Crippen molar-refractivity contribution >= 4 is 15.7 Å². The average molecular weight is 306 g/mol. The molecule has 1 rings (SSSR count). The number of nitrogens with two attached hydrogens (primary N) is 1. The molecule has 0 aliphatic rings. The van der Waals surface area contributed by atoms with E-state index in [0.29, 0.717) is 0 Å². The fourth-order valence-corrected chi connectivity index (χ4v) is 2.15. The van der Waals surface area contributed by atoms with Crippen molar-refractivity contribution in [2.24, 2.45) is 5.73 Å². The van der Waals surface area contributed by atoms with Crippen molar-refractivity contribution in [1.29, 1.82) is 0 Å². The van der Waals surface area contributed by atoms with Crippen LogP contribution in [0.25, 0.3) is 0 Å². The summed E-state index contributed by atoms with van der Waals surface area (Å²) >= 11 is 0. The molecule has 0 aromatic heterocycles. The van der Waals surface area contributed by atoms with E-state index in [9.17, 15) is 22.0 Å². The minimum Gasteiger partial charge on any atom is -0.351 e. The van der Waals surface area contributed by atoms with E-state index >= 15 is 0 Å². The second-order valence-electron chi connectivity index (χ2n) is 4.48. The summed E-state index contributed by atoms with van der Waals surface area (Å²) in [6, 6.07) is 1.89. The molecule has 0 aliphatic carbocycles. The molecule has 0 saturated carbocycles. The van der Waals surface area contributed by atoms with Gasteiger partial charge in [-0.2, -0.15) is 0 Å². The van der Waals surface area contributed by atoms with Crippen molar-refractivity contribution in [3.8, 4) is 0 Å².